The van der Waals surface area contributed by atoms with Gasteiger partial charge in [-0.3, -0.25) is 0 Å². The van der Waals surface area contributed by atoms with Gasteiger partial charge in [0.2, 0.25) is 0 Å². The number of aryl methyl sites for hydroxylation is 1. The molecule has 6 heteroatoms. The van der Waals surface area contributed by atoms with Crippen molar-refractivity contribution >= 4 is 5.96 Å². The van der Waals surface area contributed by atoms with Crippen molar-refractivity contribution in [2.45, 2.75) is 40.3 Å². The number of hydrogen-bond acceptors (Lipinski definition) is 4. The first-order chi connectivity index (χ1) is 13.5. The molecule has 0 radical (unpaired) electrons. The Morgan fingerprint density at radius 3 is 2.61 bits per heavy atom. The van der Waals surface area contributed by atoms with Gasteiger partial charge in [0, 0.05) is 12.1 Å². The van der Waals surface area contributed by atoms with Crippen LogP contribution in [0.2, 0.25) is 0 Å². The van der Waals surface area contributed by atoms with Gasteiger partial charge in [0.15, 0.2) is 17.5 Å². The molecular formula is C22H31N3O3. The predicted octanol–water partition coefficient (Wildman–Crippen LogP) is 3.92. The van der Waals surface area contributed by atoms with Gasteiger partial charge in [-0.1, -0.05) is 23.8 Å². The summed E-state index contributed by atoms with van der Waals surface area (Å²) in [5, 5.41) is 16.6. The fourth-order valence-electron chi connectivity index (χ4n) is 2.89. The van der Waals surface area contributed by atoms with Gasteiger partial charge >= 0.3 is 0 Å². The number of methoxy groups -OCH3 is 1. The Kier molecular flexibility index (Phi) is 7.99. The Balaban J connectivity index is 2.16. The largest absolute Gasteiger partial charge is 0.504 e. The summed E-state index contributed by atoms with van der Waals surface area (Å²) < 4.78 is 10.9. The van der Waals surface area contributed by atoms with E-state index in [0.717, 1.165) is 23.4 Å². The van der Waals surface area contributed by atoms with Crippen molar-refractivity contribution < 1.29 is 14.6 Å². The number of aromatic hydroxyl groups is 1. The minimum atomic E-state index is 0.0199. The zero-order valence-corrected chi connectivity index (χ0v) is 17.4. The Bertz CT molecular complexity index is 806. The zero-order valence-electron chi connectivity index (χ0n) is 17.4. The van der Waals surface area contributed by atoms with E-state index in [4.69, 9.17) is 9.47 Å². The van der Waals surface area contributed by atoms with E-state index < -0.39 is 0 Å². The van der Waals surface area contributed by atoms with Gasteiger partial charge in [0.25, 0.3) is 0 Å². The summed E-state index contributed by atoms with van der Waals surface area (Å²) >= 11 is 0. The van der Waals surface area contributed by atoms with Crippen LogP contribution in [-0.4, -0.2) is 31.3 Å². The molecule has 1 atom stereocenters. The number of phenols is 1. The van der Waals surface area contributed by atoms with Gasteiger partial charge in [-0.25, -0.2) is 4.99 Å². The van der Waals surface area contributed by atoms with E-state index in [9.17, 15) is 5.11 Å². The summed E-state index contributed by atoms with van der Waals surface area (Å²) in [6.07, 6.45) is 0. The summed E-state index contributed by atoms with van der Waals surface area (Å²) in [6.45, 7) is 9.78. The van der Waals surface area contributed by atoms with Crippen LogP contribution in [0.5, 0.6) is 17.2 Å². The topological polar surface area (TPSA) is 75.1 Å². The number of guanidine groups is 1. The quantitative estimate of drug-likeness (QED) is 0.474. The maximum Gasteiger partial charge on any atom is 0.192 e. The van der Waals surface area contributed by atoms with Crippen molar-refractivity contribution in [1.29, 1.82) is 0 Å². The fraction of sp³-hybridized carbons (Fsp3) is 0.409. The highest BCUT2D eigenvalue weighted by molar-refractivity contribution is 5.80. The molecule has 28 heavy (non-hydrogen) atoms. The van der Waals surface area contributed by atoms with Crippen molar-refractivity contribution in [2.24, 2.45) is 4.99 Å². The van der Waals surface area contributed by atoms with E-state index in [0.29, 0.717) is 24.9 Å². The summed E-state index contributed by atoms with van der Waals surface area (Å²) in [4.78, 5) is 4.67. The van der Waals surface area contributed by atoms with Crippen LogP contribution in [0.1, 0.15) is 43.5 Å². The summed E-state index contributed by atoms with van der Waals surface area (Å²) in [7, 11) is 1.68. The predicted molar refractivity (Wildman–Crippen MR) is 113 cm³/mol. The monoisotopic (exact) mass is 385 g/mol. The third-order valence-electron chi connectivity index (χ3n) is 4.29. The molecule has 0 saturated carbocycles. The molecule has 0 amide bonds. The van der Waals surface area contributed by atoms with Crippen molar-refractivity contribution in [3.05, 3.63) is 53.1 Å². The van der Waals surface area contributed by atoms with Crippen LogP contribution in [0.15, 0.2) is 41.4 Å². The maximum atomic E-state index is 9.85. The lowest BCUT2D eigenvalue weighted by atomic mass is 10.0. The Labute approximate surface area is 167 Å². The molecule has 1 unspecified atom stereocenters. The number of rotatable bonds is 8. The molecule has 0 aliphatic carbocycles. The molecule has 0 aliphatic heterocycles. The van der Waals surface area contributed by atoms with Gasteiger partial charge in [0.05, 0.1) is 26.3 Å². The fourth-order valence-corrected chi connectivity index (χ4v) is 2.89. The van der Waals surface area contributed by atoms with E-state index in [1.165, 1.54) is 5.56 Å². The smallest absolute Gasteiger partial charge is 0.192 e. The Hall–Kier alpha value is -2.89. The molecule has 0 heterocycles. The molecule has 2 rings (SSSR count). The summed E-state index contributed by atoms with van der Waals surface area (Å²) in [5.41, 5.74) is 3.22. The van der Waals surface area contributed by atoms with Crippen molar-refractivity contribution in [3.8, 4) is 17.2 Å². The number of hydrogen-bond donors (Lipinski definition) is 3. The first-order valence-corrected chi connectivity index (χ1v) is 9.62. The van der Waals surface area contributed by atoms with Gasteiger partial charge in [0.1, 0.15) is 5.75 Å². The number of ether oxygens (including phenoxy) is 2. The second-order valence-electron chi connectivity index (χ2n) is 6.54. The number of nitrogens with zero attached hydrogens (tertiary/aromatic N) is 1. The van der Waals surface area contributed by atoms with Gasteiger partial charge in [-0.2, -0.15) is 0 Å². The SMILES string of the molecule is CCNC(=NCc1ccc(O)c(OCC)c1)NC(C)c1cc(C)ccc1OC. The van der Waals surface area contributed by atoms with Crippen LogP contribution >= 0.6 is 0 Å². The average Bonchev–Trinajstić information content (AvgIpc) is 2.68. The van der Waals surface area contributed by atoms with E-state index >= 15 is 0 Å². The van der Waals surface area contributed by atoms with E-state index in [1.807, 2.05) is 38.1 Å². The van der Waals surface area contributed by atoms with Gasteiger partial charge < -0.3 is 25.2 Å². The minimum absolute atomic E-state index is 0.0199. The molecule has 0 aromatic heterocycles. The summed E-state index contributed by atoms with van der Waals surface area (Å²) in [5.74, 6) is 2.18. The lowest BCUT2D eigenvalue weighted by Crippen LogP contribution is -2.38. The lowest BCUT2D eigenvalue weighted by Gasteiger charge is -2.20. The number of aliphatic imine (C=N–C) groups is 1. The van der Waals surface area contributed by atoms with Crippen LogP contribution in [0.25, 0.3) is 0 Å². The molecular weight excluding hydrogens is 354 g/mol. The zero-order chi connectivity index (χ0) is 20.5. The van der Waals surface area contributed by atoms with Crippen LogP contribution in [0.3, 0.4) is 0 Å². The molecule has 0 saturated heterocycles. The number of benzene rings is 2. The molecule has 152 valence electrons. The van der Waals surface area contributed by atoms with Crippen molar-refractivity contribution in [3.63, 3.8) is 0 Å². The third kappa shape index (κ3) is 5.81. The minimum Gasteiger partial charge on any atom is -0.504 e. The molecule has 2 aromatic rings. The highest BCUT2D eigenvalue weighted by Crippen LogP contribution is 2.27. The molecule has 6 nitrogen and oxygen atoms in total. The second kappa shape index (κ2) is 10.4. The van der Waals surface area contributed by atoms with E-state index in [1.54, 1.807) is 13.2 Å². The highest BCUT2D eigenvalue weighted by Gasteiger charge is 2.13. The lowest BCUT2D eigenvalue weighted by molar-refractivity contribution is 0.318. The van der Waals surface area contributed by atoms with E-state index in [-0.39, 0.29) is 11.8 Å². The average molecular weight is 386 g/mol. The standard InChI is InChI=1S/C22H31N3O3/c1-6-23-22(24-14-17-9-10-19(26)21(13-17)28-7-2)25-16(4)18-12-15(3)8-11-20(18)27-5/h8-13,16,26H,6-7,14H2,1-5H3,(H2,23,24,25). The maximum absolute atomic E-state index is 9.85. The Morgan fingerprint density at radius 2 is 1.93 bits per heavy atom. The molecule has 0 bridgehead atoms. The van der Waals surface area contributed by atoms with Crippen LogP contribution < -0.4 is 20.1 Å². The van der Waals surface area contributed by atoms with Gasteiger partial charge in [-0.05, 0) is 51.5 Å². The first kappa shape index (κ1) is 21.4. The molecule has 2 aromatic carbocycles. The first-order valence-electron chi connectivity index (χ1n) is 9.62. The van der Waals surface area contributed by atoms with Crippen LogP contribution in [-0.2, 0) is 6.54 Å². The normalized spacial score (nSPS) is 12.4. The molecule has 0 aliphatic rings. The molecule has 3 N–H and O–H groups in total. The summed E-state index contributed by atoms with van der Waals surface area (Å²) in [6, 6.07) is 11.5. The number of phenolic OH excluding ortho intramolecular Hbond substituents is 1. The second-order valence-corrected chi connectivity index (χ2v) is 6.54. The highest BCUT2D eigenvalue weighted by atomic mass is 16.5. The third-order valence-corrected chi connectivity index (χ3v) is 4.29. The molecule has 0 spiro atoms. The molecule has 0 fully saturated rings. The number of nitrogens with one attached hydrogen (secondary N) is 2. The van der Waals surface area contributed by atoms with Crippen LogP contribution in [0, 0.1) is 6.92 Å². The van der Waals surface area contributed by atoms with Crippen molar-refractivity contribution in [2.75, 3.05) is 20.3 Å². The van der Waals surface area contributed by atoms with Crippen LogP contribution in [0.4, 0.5) is 0 Å². The Morgan fingerprint density at radius 1 is 1.14 bits per heavy atom. The van der Waals surface area contributed by atoms with E-state index in [2.05, 4.69) is 35.5 Å². The van der Waals surface area contributed by atoms with Gasteiger partial charge in [-0.15, -0.1) is 0 Å². The van der Waals surface area contributed by atoms with Crippen molar-refractivity contribution in [1.82, 2.24) is 10.6 Å².